The largest absolute Gasteiger partial charge is 0.309 e. The molecule has 0 fully saturated rings. The van der Waals surface area contributed by atoms with Crippen molar-refractivity contribution in [3.05, 3.63) is 229 Å². The second-order valence-electron chi connectivity index (χ2n) is 15.0. The molecular formula is C53H34N4. The number of aromatic nitrogens is 4. The highest BCUT2D eigenvalue weighted by atomic mass is 15.0. The van der Waals surface area contributed by atoms with Crippen molar-refractivity contribution in [1.29, 1.82) is 0 Å². The number of hydrogen-bond donors (Lipinski definition) is 0. The molecule has 0 amide bonds. The van der Waals surface area contributed by atoms with Crippen molar-refractivity contribution in [3.8, 4) is 33.9 Å². The summed E-state index contributed by atoms with van der Waals surface area (Å²) in [7, 11) is 0. The summed E-state index contributed by atoms with van der Waals surface area (Å²) < 4.78 is 4.68. The van der Waals surface area contributed by atoms with E-state index in [4.69, 9.17) is 9.97 Å². The molecule has 0 aliphatic heterocycles. The summed E-state index contributed by atoms with van der Waals surface area (Å²) >= 11 is 0. The fraction of sp³-hybridized carbons (Fsp3) is 0.0189. The van der Waals surface area contributed by atoms with Crippen LogP contribution in [-0.4, -0.2) is 19.1 Å². The first kappa shape index (κ1) is 31.8. The van der Waals surface area contributed by atoms with Crippen molar-refractivity contribution in [3.63, 3.8) is 0 Å². The van der Waals surface area contributed by atoms with Gasteiger partial charge in [0.15, 0.2) is 5.82 Å². The molecule has 57 heavy (non-hydrogen) atoms. The fourth-order valence-electron chi connectivity index (χ4n) is 9.75. The fourth-order valence-corrected chi connectivity index (χ4v) is 9.75. The van der Waals surface area contributed by atoms with Crippen LogP contribution in [0.1, 0.15) is 22.3 Å². The molecule has 3 aromatic heterocycles. The average Bonchev–Trinajstić information content (AvgIpc) is 3.91. The third-order valence-corrected chi connectivity index (χ3v) is 12.1. The quantitative estimate of drug-likeness (QED) is 0.177. The first-order valence-electron chi connectivity index (χ1n) is 19.5. The number of nitrogens with zero attached hydrogens (tertiary/aromatic N) is 4. The van der Waals surface area contributed by atoms with Gasteiger partial charge in [0.1, 0.15) is 0 Å². The molecule has 12 rings (SSSR count). The molecule has 0 saturated heterocycles. The molecule has 3 heterocycles. The smallest absolute Gasteiger partial charge is 0.159 e. The van der Waals surface area contributed by atoms with Crippen LogP contribution in [0.5, 0.6) is 0 Å². The normalized spacial score (nSPS) is 13.1. The van der Waals surface area contributed by atoms with E-state index < -0.39 is 5.41 Å². The first-order chi connectivity index (χ1) is 28.3. The van der Waals surface area contributed by atoms with Crippen molar-refractivity contribution < 1.29 is 0 Å². The summed E-state index contributed by atoms with van der Waals surface area (Å²) in [5.74, 6) is 0.698. The van der Waals surface area contributed by atoms with E-state index in [0.717, 1.165) is 39.0 Å². The number of benzene rings is 8. The Morgan fingerprint density at radius 2 is 0.842 bits per heavy atom. The Kier molecular flexibility index (Phi) is 6.81. The van der Waals surface area contributed by atoms with Crippen LogP contribution in [0.3, 0.4) is 0 Å². The Hall–Kier alpha value is -7.56. The lowest BCUT2D eigenvalue weighted by Crippen LogP contribution is -2.28. The van der Waals surface area contributed by atoms with Crippen molar-refractivity contribution in [2.45, 2.75) is 5.41 Å². The molecule has 8 aromatic carbocycles. The van der Waals surface area contributed by atoms with Crippen molar-refractivity contribution in [1.82, 2.24) is 19.1 Å². The average molecular weight is 727 g/mol. The van der Waals surface area contributed by atoms with Gasteiger partial charge in [0.05, 0.1) is 45.6 Å². The maximum atomic E-state index is 4.96. The molecule has 4 nitrogen and oxygen atoms in total. The van der Waals surface area contributed by atoms with E-state index in [1.807, 2.05) is 12.4 Å². The summed E-state index contributed by atoms with van der Waals surface area (Å²) in [5.41, 5.74) is 14.8. The van der Waals surface area contributed by atoms with Crippen molar-refractivity contribution >= 4 is 43.6 Å². The Morgan fingerprint density at radius 3 is 1.47 bits per heavy atom. The summed E-state index contributed by atoms with van der Waals surface area (Å²) in [4.78, 5) is 9.93. The van der Waals surface area contributed by atoms with Crippen molar-refractivity contribution in [2.24, 2.45) is 0 Å². The second kappa shape index (κ2) is 12.2. The molecule has 0 N–H and O–H groups in total. The van der Waals surface area contributed by atoms with Crippen molar-refractivity contribution in [2.75, 3.05) is 0 Å². The molecule has 0 atom stereocenters. The predicted octanol–water partition coefficient (Wildman–Crippen LogP) is 12.7. The van der Waals surface area contributed by atoms with E-state index in [2.05, 4.69) is 203 Å². The molecule has 0 radical (unpaired) electrons. The molecule has 11 aromatic rings. The Balaban J connectivity index is 1.02. The predicted molar refractivity (Wildman–Crippen MR) is 233 cm³/mol. The van der Waals surface area contributed by atoms with E-state index >= 15 is 0 Å². The van der Waals surface area contributed by atoms with Gasteiger partial charge in [-0.25, -0.2) is 9.97 Å². The van der Waals surface area contributed by atoms with Gasteiger partial charge in [-0.2, -0.15) is 0 Å². The van der Waals surface area contributed by atoms with Crippen LogP contribution in [0.25, 0.3) is 77.5 Å². The van der Waals surface area contributed by atoms with E-state index in [1.54, 1.807) is 0 Å². The van der Waals surface area contributed by atoms with Gasteiger partial charge < -0.3 is 9.13 Å². The molecule has 1 aliphatic carbocycles. The second-order valence-corrected chi connectivity index (χ2v) is 15.0. The van der Waals surface area contributed by atoms with E-state index in [-0.39, 0.29) is 0 Å². The molecule has 1 aliphatic rings. The highest BCUT2D eigenvalue weighted by molar-refractivity contribution is 6.11. The van der Waals surface area contributed by atoms with Crippen LogP contribution in [0.2, 0.25) is 0 Å². The standard InChI is InChI=1S/C53H34N4/c1-3-15-36(16-4-1)53(37-17-5-2-6-18-37)46-23-11-7-19-40(46)41-29-28-38(32-47(41)53)56-50-26-14-10-22-44(50)45-31-35(27-30-51(45)56)52-54-33-39(34-55-52)57-48-24-12-8-20-42(48)43-21-9-13-25-49(43)57/h1-34H. The molecule has 0 spiro atoms. The number of para-hydroxylation sites is 3. The lowest BCUT2D eigenvalue weighted by molar-refractivity contribution is 0.767. The lowest BCUT2D eigenvalue weighted by atomic mass is 9.67. The summed E-state index contributed by atoms with van der Waals surface area (Å²) in [6, 6.07) is 70.4. The lowest BCUT2D eigenvalue weighted by Gasteiger charge is -2.34. The summed E-state index contributed by atoms with van der Waals surface area (Å²) in [6.45, 7) is 0. The SMILES string of the molecule is c1ccc(C2(c3ccccc3)c3ccccc3-c3ccc(-n4c5ccccc5c5cc(-c6ncc(-n7c8ccccc8c8ccccc87)cn6)ccc54)cc32)cc1. The zero-order valence-electron chi connectivity index (χ0n) is 30.9. The highest BCUT2D eigenvalue weighted by Gasteiger charge is 2.46. The zero-order chi connectivity index (χ0) is 37.5. The third-order valence-electron chi connectivity index (χ3n) is 12.1. The minimum absolute atomic E-state index is 0.473. The molecule has 266 valence electrons. The molecule has 0 unspecified atom stereocenters. The number of hydrogen-bond acceptors (Lipinski definition) is 2. The number of fused-ring (bicyclic) bond motifs is 9. The van der Waals surface area contributed by atoms with Crippen LogP contribution in [-0.2, 0) is 5.41 Å². The summed E-state index contributed by atoms with van der Waals surface area (Å²) in [5, 5.41) is 4.80. The Bertz CT molecular complexity index is 3250. The van der Waals surface area contributed by atoms with E-state index in [1.165, 1.54) is 54.9 Å². The molecular weight excluding hydrogens is 693 g/mol. The van der Waals surface area contributed by atoms with Gasteiger partial charge in [-0.1, -0.05) is 146 Å². The monoisotopic (exact) mass is 726 g/mol. The van der Waals surface area contributed by atoms with Gasteiger partial charge in [-0.15, -0.1) is 0 Å². The third kappa shape index (κ3) is 4.50. The topological polar surface area (TPSA) is 35.6 Å². The molecule has 0 bridgehead atoms. The van der Waals surface area contributed by atoms with Crippen LogP contribution >= 0.6 is 0 Å². The maximum absolute atomic E-state index is 4.96. The molecule has 4 heteroatoms. The van der Waals surface area contributed by atoms with Gasteiger partial charge in [0.25, 0.3) is 0 Å². The van der Waals surface area contributed by atoms with E-state index in [9.17, 15) is 0 Å². The summed E-state index contributed by atoms with van der Waals surface area (Å²) in [6.07, 6.45) is 3.89. The minimum Gasteiger partial charge on any atom is -0.309 e. The van der Waals surface area contributed by atoms with Gasteiger partial charge in [0.2, 0.25) is 0 Å². The molecule has 0 saturated carbocycles. The van der Waals surface area contributed by atoms with Gasteiger partial charge in [-0.3, -0.25) is 0 Å². The Labute approximate surface area is 329 Å². The van der Waals surface area contributed by atoms with Crippen LogP contribution in [0.15, 0.2) is 207 Å². The van der Waals surface area contributed by atoms with Gasteiger partial charge in [0, 0.05) is 32.8 Å². The van der Waals surface area contributed by atoms with Gasteiger partial charge >= 0.3 is 0 Å². The number of rotatable bonds is 5. The zero-order valence-corrected chi connectivity index (χ0v) is 30.9. The van der Waals surface area contributed by atoms with Gasteiger partial charge in [-0.05, 0) is 81.9 Å². The Morgan fingerprint density at radius 1 is 0.351 bits per heavy atom. The van der Waals surface area contributed by atoms with Crippen LogP contribution in [0, 0.1) is 0 Å². The minimum atomic E-state index is -0.473. The van der Waals surface area contributed by atoms with Crippen LogP contribution in [0.4, 0.5) is 0 Å². The van der Waals surface area contributed by atoms with Crippen LogP contribution < -0.4 is 0 Å². The maximum Gasteiger partial charge on any atom is 0.159 e. The van der Waals surface area contributed by atoms with E-state index in [0.29, 0.717) is 5.82 Å². The highest BCUT2D eigenvalue weighted by Crippen LogP contribution is 2.56. The first-order valence-corrected chi connectivity index (χ1v) is 19.5.